The van der Waals surface area contributed by atoms with Crippen molar-refractivity contribution in [1.82, 2.24) is 9.97 Å². The van der Waals surface area contributed by atoms with E-state index in [-0.39, 0.29) is 0 Å². The molecule has 0 unspecified atom stereocenters. The molecular weight excluding hydrogens is 302 g/mol. The first-order valence-electron chi connectivity index (χ1n) is 6.99. The Balaban J connectivity index is 1.71. The fourth-order valence-electron chi connectivity index (χ4n) is 1.98. The van der Waals surface area contributed by atoms with Crippen LogP contribution in [0.25, 0.3) is 10.2 Å². The summed E-state index contributed by atoms with van der Waals surface area (Å²) in [6.45, 7) is 5.54. The first-order valence-corrected chi connectivity index (χ1v) is 8.62. The van der Waals surface area contributed by atoms with Crippen LogP contribution in [0.3, 0.4) is 0 Å². The number of anilines is 1. The fourth-order valence-corrected chi connectivity index (χ4v) is 3.67. The summed E-state index contributed by atoms with van der Waals surface area (Å²) in [6.07, 6.45) is 2.99. The average Bonchev–Trinajstić information content (AvgIpc) is 3.11. The van der Waals surface area contributed by atoms with Gasteiger partial charge in [-0.1, -0.05) is 18.3 Å². The Kier molecular flexibility index (Phi) is 4.36. The summed E-state index contributed by atoms with van der Waals surface area (Å²) in [5.41, 5.74) is 0.999. The van der Waals surface area contributed by atoms with Crippen molar-refractivity contribution in [2.45, 2.75) is 26.8 Å². The zero-order valence-corrected chi connectivity index (χ0v) is 13.7. The summed E-state index contributed by atoms with van der Waals surface area (Å²) >= 11 is 3.40. The van der Waals surface area contributed by atoms with Crippen LogP contribution in [0.4, 0.5) is 5.13 Å². The molecule has 0 radical (unpaired) electrons. The monoisotopic (exact) mass is 319 g/mol. The molecule has 2 heterocycles. The van der Waals surface area contributed by atoms with Crippen molar-refractivity contribution in [2.24, 2.45) is 0 Å². The second-order valence-corrected chi connectivity index (χ2v) is 6.74. The number of hydrogen-bond donors (Lipinski definition) is 1. The fraction of sp³-hybridized carbons (Fsp3) is 0.333. The van der Waals surface area contributed by atoms with Gasteiger partial charge in [0.2, 0.25) is 0 Å². The average molecular weight is 319 g/mol. The van der Waals surface area contributed by atoms with E-state index in [1.807, 2.05) is 31.3 Å². The molecule has 0 fully saturated rings. The summed E-state index contributed by atoms with van der Waals surface area (Å²) in [7, 11) is 0. The zero-order valence-electron chi connectivity index (χ0n) is 12.0. The number of nitrogens with one attached hydrogen (secondary N) is 1. The van der Waals surface area contributed by atoms with Crippen molar-refractivity contribution in [3.63, 3.8) is 0 Å². The number of thiazole rings is 2. The molecule has 0 bridgehead atoms. The number of fused-ring (bicyclic) bond motifs is 1. The van der Waals surface area contributed by atoms with Gasteiger partial charge < -0.3 is 10.1 Å². The molecule has 3 aromatic rings. The Hall–Kier alpha value is -1.66. The maximum absolute atomic E-state index is 5.52. The van der Waals surface area contributed by atoms with E-state index in [0.29, 0.717) is 6.61 Å². The number of aryl methyl sites for hydroxylation is 1. The molecule has 0 atom stereocenters. The van der Waals surface area contributed by atoms with Gasteiger partial charge in [0.1, 0.15) is 10.8 Å². The predicted molar refractivity (Wildman–Crippen MR) is 89.6 cm³/mol. The van der Waals surface area contributed by atoms with Crippen molar-refractivity contribution in [3.05, 3.63) is 34.3 Å². The van der Waals surface area contributed by atoms with Gasteiger partial charge in [-0.3, -0.25) is 0 Å². The smallest absolute Gasteiger partial charge is 0.184 e. The van der Waals surface area contributed by atoms with Gasteiger partial charge in [0.25, 0.3) is 0 Å². The molecule has 0 aliphatic heterocycles. The van der Waals surface area contributed by atoms with E-state index in [1.54, 1.807) is 22.7 Å². The minimum absolute atomic E-state index is 0.680. The summed E-state index contributed by atoms with van der Waals surface area (Å²) in [6, 6.07) is 6.00. The van der Waals surface area contributed by atoms with Crippen molar-refractivity contribution in [3.8, 4) is 5.75 Å². The molecule has 0 saturated heterocycles. The minimum Gasteiger partial charge on any atom is -0.494 e. The van der Waals surface area contributed by atoms with E-state index in [1.165, 1.54) is 4.88 Å². The van der Waals surface area contributed by atoms with Crippen LogP contribution >= 0.6 is 22.7 Å². The summed E-state index contributed by atoms with van der Waals surface area (Å²) < 4.78 is 6.65. The lowest BCUT2D eigenvalue weighted by atomic mass is 10.3. The van der Waals surface area contributed by atoms with E-state index < -0.39 is 0 Å². The highest BCUT2D eigenvalue weighted by atomic mass is 32.1. The second kappa shape index (κ2) is 6.41. The normalized spacial score (nSPS) is 11.0. The van der Waals surface area contributed by atoms with Gasteiger partial charge in [-0.25, -0.2) is 9.97 Å². The molecule has 6 heteroatoms. The van der Waals surface area contributed by atoms with Crippen LogP contribution in [-0.4, -0.2) is 16.6 Å². The molecule has 3 rings (SSSR count). The molecule has 0 spiro atoms. The maximum atomic E-state index is 5.52. The standard InChI is InChI=1S/C15H17N3OS2/c1-3-11-8-16-14(20-11)9-17-15-18-12-6-5-10(19-4-2)7-13(12)21-15/h5-8H,3-4,9H2,1-2H3,(H,17,18). The largest absolute Gasteiger partial charge is 0.494 e. The quantitative estimate of drug-likeness (QED) is 0.735. The second-order valence-electron chi connectivity index (χ2n) is 4.51. The molecule has 21 heavy (non-hydrogen) atoms. The number of hydrogen-bond acceptors (Lipinski definition) is 6. The van der Waals surface area contributed by atoms with Gasteiger partial charge >= 0.3 is 0 Å². The Morgan fingerprint density at radius 1 is 1.24 bits per heavy atom. The lowest BCUT2D eigenvalue weighted by molar-refractivity contribution is 0.341. The topological polar surface area (TPSA) is 47.0 Å². The molecular formula is C15H17N3OS2. The number of ether oxygens (including phenoxy) is 1. The molecule has 110 valence electrons. The third-order valence-electron chi connectivity index (χ3n) is 3.01. The molecule has 0 amide bonds. The van der Waals surface area contributed by atoms with Crippen LogP contribution in [-0.2, 0) is 13.0 Å². The molecule has 2 aromatic heterocycles. The van der Waals surface area contributed by atoms with Crippen molar-refractivity contribution in [1.29, 1.82) is 0 Å². The highest BCUT2D eigenvalue weighted by Crippen LogP contribution is 2.29. The number of nitrogens with zero attached hydrogens (tertiary/aromatic N) is 2. The Bertz CT molecular complexity index is 735. The molecule has 0 aliphatic carbocycles. The molecule has 4 nitrogen and oxygen atoms in total. The third-order valence-corrected chi connectivity index (χ3v) is 5.13. The van der Waals surface area contributed by atoms with Crippen molar-refractivity contribution >= 4 is 38.0 Å². The summed E-state index contributed by atoms with van der Waals surface area (Å²) in [5, 5.41) is 5.38. The lowest BCUT2D eigenvalue weighted by Gasteiger charge is -2.00. The molecule has 1 aromatic carbocycles. The SMILES string of the molecule is CCOc1ccc2nc(NCc3ncc(CC)s3)sc2c1. The van der Waals surface area contributed by atoms with Crippen LogP contribution in [0.1, 0.15) is 23.7 Å². The van der Waals surface area contributed by atoms with Crippen molar-refractivity contribution in [2.75, 3.05) is 11.9 Å². The van der Waals surface area contributed by atoms with Gasteiger partial charge in [-0.2, -0.15) is 0 Å². The van der Waals surface area contributed by atoms with Crippen LogP contribution in [0, 0.1) is 0 Å². The minimum atomic E-state index is 0.680. The Morgan fingerprint density at radius 2 is 2.14 bits per heavy atom. The first-order chi connectivity index (χ1) is 10.3. The number of rotatable bonds is 6. The summed E-state index contributed by atoms with van der Waals surface area (Å²) in [4.78, 5) is 10.3. The van der Waals surface area contributed by atoms with Gasteiger partial charge in [0.05, 0.1) is 23.4 Å². The molecule has 0 aliphatic rings. The van der Waals surface area contributed by atoms with Gasteiger partial charge in [0, 0.05) is 11.1 Å². The summed E-state index contributed by atoms with van der Waals surface area (Å²) in [5.74, 6) is 0.896. The first kappa shape index (κ1) is 14.3. The molecule has 0 saturated carbocycles. The third kappa shape index (κ3) is 3.33. The van der Waals surface area contributed by atoms with Gasteiger partial charge in [-0.15, -0.1) is 11.3 Å². The Morgan fingerprint density at radius 3 is 2.90 bits per heavy atom. The van der Waals surface area contributed by atoms with Crippen molar-refractivity contribution < 1.29 is 4.74 Å². The molecule has 1 N–H and O–H groups in total. The number of benzene rings is 1. The highest BCUT2D eigenvalue weighted by Gasteiger charge is 2.06. The van der Waals surface area contributed by atoms with Gasteiger partial charge in [0.15, 0.2) is 5.13 Å². The van der Waals surface area contributed by atoms with E-state index in [0.717, 1.165) is 39.1 Å². The maximum Gasteiger partial charge on any atom is 0.184 e. The Labute approximate surface area is 131 Å². The number of aromatic nitrogens is 2. The van der Waals surface area contributed by atoms with Crippen LogP contribution < -0.4 is 10.1 Å². The van der Waals surface area contributed by atoms with Gasteiger partial charge in [-0.05, 0) is 31.5 Å². The van der Waals surface area contributed by atoms with E-state index >= 15 is 0 Å². The van der Waals surface area contributed by atoms with Crippen LogP contribution in [0.2, 0.25) is 0 Å². The van der Waals surface area contributed by atoms with E-state index in [4.69, 9.17) is 4.74 Å². The predicted octanol–water partition coefficient (Wildman–Crippen LogP) is 4.33. The van der Waals surface area contributed by atoms with Crippen LogP contribution in [0.15, 0.2) is 24.4 Å². The highest BCUT2D eigenvalue weighted by molar-refractivity contribution is 7.22. The van der Waals surface area contributed by atoms with Crippen LogP contribution in [0.5, 0.6) is 5.75 Å². The van der Waals surface area contributed by atoms with E-state index in [2.05, 4.69) is 22.2 Å². The lowest BCUT2D eigenvalue weighted by Crippen LogP contribution is -1.97. The van der Waals surface area contributed by atoms with E-state index in [9.17, 15) is 0 Å². The zero-order chi connectivity index (χ0) is 14.7.